The number of amides is 2. The number of benzene rings is 1. The first kappa shape index (κ1) is 21.0. The maximum absolute atomic E-state index is 12.8. The fourth-order valence-corrected chi connectivity index (χ4v) is 2.91. The van der Waals surface area contributed by atoms with Gasteiger partial charge in [-0.05, 0) is 25.8 Å². The molecule has 1 atom stereocenters. The van der Waals surface area contributed by atoms with Gasteiger partial charge in [-0.1, -0.05) is 13.8 Å². The predicted molar refractivity (Wildman–Crippen MR) is 98.8 cm³/mol. The van der Waals surface area contributed by atoms with Crippen molar-refractivity contribution in [3.8, 4) is 11.5 Å². The number of carbonyl (C=O) groups is 2. The molecule has 0 saturated carbocycles. The van der Waals surface area contributed by atoms with Crippen LogP contribution >= 0.6 is 0 Å². The molecule has 1 heterocycles. The topological polar surface area (TPSA) is 140 Å². The fourth-order valence-electron chi connectivity index (χ4n) is 2.91. The average molecular weight is 393 g/mol. The Bertz CT molecular complexity index is 846. The van der Waals surface area contributed by atoms with E-state index in [1.807, 2.05) is 0 Å². The van der Waals surface area contributed by atoms with Crippen molar-refractivity contribution in [2.24, 2.45) is 5.92 Å². The number of nitrogens with zero attached hydrogens (tertiary/aromatic N) is 1. The molecule has 0 bridgehead atoms. The second kappa shape index (κ2) is 8.15. The van der Waals surface area contributed by atoms with Crippen LogP contribution in [0.4, 0.5) is 10.5 Å². The number of nitrogens with one attached hydrogen (secondary N) is 2. The van der Waals surface area contributed by atoms with Crippen molar-refractivity contribution in [1.29, 1.82) is 0 Å². The summed E-state index contributed by atoms with van der Waals surface area (Å²) in [6.07, 6.45) is -0.439. The number of phenols is 1. The molecule has 1 aliphatic heterocycles. The molecule has 1 aromatic carbocycles. The molecule has 152 valence electrons. The van der Waals surface area contributed by atoms with Gasteiger partial charge in [0.2, 0.25) is 0 Å². The predicted octanol–water partition coefficient (Wildman–Crippen LogP) is 2.52. The van der Waals surface area contributed by atoms with Crippen molar-refractivity contribution in [3.63, 3.8) is 0 Å². The maximum Gasteiger partial charge on any atom is 0.338 e. The van der Waals surface area contributed by atoms with Gasteiger partial charge >= 0.3 is 12.0 Å². The largest absolute Gasteiger partial charge is 0.504 e. The number of methoxy groups -OCH3 is 1. The second-order valence-corrected chi connectivity index (χ2v) is 6.81. The summed E-state index contributed by atoms with van der Waals surface area (Å²) in [6.45, 7) is 6.86. The molecule has 0 fully saturated rings. The van der Waals surface area contributed by atoms with Crippen LogP contribution in [0.25, 0.3) is 0 Å². The van der Waals surface area contributed by atoms with E-state index in [9.17, 15) is 24.8 Å². The van der Waals surface area contributed by atoms with Crippen molar-refractivity contribution in [1.82, 2.24) is 10.6 Å². The summed E-state index contributed by atoms with van der Waals surface area (Å²) < 4.78 is 10.2. The number of nitro benzene ring substituents is 1. The lowest BCUT2D eigenvalue weighted by molar-refractivity contribution is -0.385. The van der Waals surface area contributed by atoms with Gasteiger partial charge in [0.15, 0.2) is 11.5 Å². The van der Waals surface area contributed by atoms with Crippen LogP contribution in [0.5, 0.6) is 11.5 Å². The summed E-state index contributed by atoms with van der Waals surface area (Å²) in [6, 6.07) is 0.335. The molecule has 10 heteroatoms. The van der Waals surface area contributed by atoms with Crippen molar-refractivity contribution in [2.75, 3.05) is 7.11 Å². The number of allylic oxidation sites excluding steroid dienone is 1. The molecule has 1 unspecified atom stereocenters. The molecule has 2 rings (SSSR count). The monoisotopic (exact) mass is 393 g/mol. The summed E-state index contributed by atoms with van der Waals surface area (Å²) in [5, 5.41) is 26.8. The molecule has 0 spiro atoms. The lowest BCUT2D eigenvalue weighted by atomic mass is 9.90. The van der Waals surface area contributed by atoms with Crippen LogP contribution in [0.15, 0.2) is 23.4 Å². The first-order chi connectivity index (χ1) is 13.1. The minimum atomic E-state index is -1.19. The molecule has 3 N–H and O–H groups in total. The van der Waals surface area contributed by atoms with E-state index in [0.717, 1.165) is 12.1 Å². The van der Waals surface area contributed by atoms with Gasteiger partial charge in [0.1, 0.15) is 0 Å². The number of hydrogen-bond donors (Lipinski definition) is 3. The van der Waals surface area contributed by atoms with E-state index in [0.29, 0.717) is 5.70 Å². The molecule has 0 aromatic heterocycles. The zero-order valence-electron chi connectivity index (χ0n) is 16.2. The number of urea groups is 1. The smallest absolute Gasteiger partial charge is 0.338 e. The van der Waals surface area contributed by atoms with Gasteiger partial charge in [0.05, 0.1) is 41.4 Å². The van der Waals surface area contributed by atoms with Gasteiger partial charge in [-0.15, -0.1) is 0 Å². The number of nitro groups is 1. The van der Waals surface area contributed by atoms with E-state index in [1.54, 1.807) is 27.7 Å². The van der Waals surface area contributed by atoms with E-state index in [1.165, 1.54) is 7.11 Å². The summed E-state index contributed by atoms with van der Waals surface area (Å²) in [5.41, 5.74) is -0.146. The standard InChI is InChI=1S/C18H23N3O7/c1-8(2)15-14(17(23)28-9(3)4)16(20-18(24)19-15)10-6-12(22)13(27-5)7-11(10)21(25)26/h6-9,16,22H,1-5H3,(H2,19,20,24). The lowest BCUT2D eigenvalue weighted by Crippen LogP contribution is -2.47. The van der Waals surface area contributed by atoms with Crippen molar-refractivity contribution in [2.45, 2.75) is 39.8 Å². The van der Waals surface area contributed by atoms with E-state index < -0.39 is 34.8 Å². The highest BCUT2D eigenvalue weighted by atomic mass is 16.6. The maximum atomic E-state index is 12.8. The lowest BCUT2D eigenvalue weighted by Gasteiger charge is -2.31. The van der Waals surface area contributed by atoms with Crippen molar-refractivity contribution in [3.05, 3.63) is 39.1 Å². The van der Waals surface area contributed by atoms with Crippen LogP contribution in [-0.4, -0.2) is 35.2 Å². The molecule has 28 heavy (non-hydrogen) atoms. The summed E-state index contributed by atoms with van der Waals surface area (Å²) in [7, 11) is 1.26. The Labute approximate surface area is 161 Å². The molecule has 2 amide bonds. The minimum Gasteiger partial charge on any atom is -0.504 e. The van der Waals surface area contributed by atoms with Crippen molar-refractivity contribution < 1.29 is 29.1 Å². The highest BCUT2D eigenvalue weighted by Crippen LogP contribution is 2.41. The summed E-state index contributed by atoms with van der Waals surface area (Å²) in [4.78, 5) is 35.9. The Hall–Kier alpha value is -3.30. The Morgan fingerprint density at radius 1 is 1.29 bits per heavy atom. The van der Waals surface area contributed by atoms with Crippen LogP contribution in [0.2, 0.25) is 0 Å². The molecule has 10 nitrogen and oxygen atoms in total. The first-order valence-corrected chi connectivity index (χ1v) is 8.64. The van der Waals surface area contributed by atoms with Crippen LogP contribution < -0.4 is 15.4 Å². The molecule has 0 aliphatic carbocycles. The minimum absolute atomic E-state index is 0.0379. The summed E-state index contributed by atoms with van der Waals surface area (Å²) >= 11 is 0. The molecular weight excluding hydrogens is 370 g/mol. The van der Waals surface area contributed by atoms with Crippen LogP contribution in [0.1, 0.15) is 39.3 Å². The van der Waals surface area contributed by atoms with Crippen molar-refractivity contribution >= 4 is 17.7 Å². The van der Waals surface area contributed by atoms with Crippen LogP contribution in [0.3, 0.4) is 0 Å². The third-order valence-corrected chi connectivity index (χ3v) is 4.08. The zero-order valence-corrected chi connectivity index (χ0v) is 16.2. The second-order valence-electron chi connectivity index (χ2n) is 6.81. The Morgan fingerprint density at radius 3 is 2.43 bits per heavy atom. The Kier molecular flexibility index (Phi) is 6.12. The van der Waals surface area contributed by atoms with Gasteiger partial charge in [0, 0.05) is 5.70 Å². The number of esters is 1. The average Bonchev–Trinajstić information content (AvgIpc) is 2.59. The van der Waals surface area contributed by atoms with Gasteiger partial charge < -0.3 is 25.2 Å². The summed E-state index contributed by atoms with van der Waals surface area (Å²) in [5.74, 6) is -1.45. The third kappa shape index (κ3) is 4.16. The van der Waals surface area contributed by atoms with Gasteiger partial charge in [0.25, 0.3) is 5.69 Å². The Morgan fingerprint density at radius 2 is 1.93 bits per heavy atom. The fraction of sp³-hybridized carbons (Fsp3) is 0.444. The van der Waals surface area contributed by atoms with Crippen LogP contribution in [-0.2, 0) is 9.53 Å². The van der Waals surface area contributed by atoms with E-state index in [-0.39, 0.29) is 28.6 Å². The van der Waals surface area contributed by atoms with E-state index >= 15 is 0 Å². The van der Waals surface area contributed by atoms with E-state index in [2.05, 4.69) is 10.6 Å². The number of hydrogen-bond acceptors (Lipinski definition) is 7. The number of ether oxygens (including phenoxy) is 2. The number of aromatic hydroxyl groups is 1. The van der Waals surface area contributed by atoms with E-state index in [4.69, 9.17) is 9.47 Å². The third-order valence-electron chi connectivity index (χ3n) is 4.08. The molecule has 1 aromatic rings. The van der Waals surface area contributed by atoms with Gasteiger partial charge in [-0.3, -0.25) is 10.1 Å². The highest BCUT2D eigenvalue weighted by molar-refractivity contribution is 5.95. The quantitative estimate of drug-likeness (QED) is 0.383. The first-order valence-electron chi connectivity index (χ1n) is 8.64. The number of phenolic OH excluding ortho intramolecular Hbond substituents is 1. The highest BCUT2D eigenvalue weighted by Gasteiger charge is 2.39. The number of carbonyl (C=O) groups excluding carboxylic acids is 2. The molecular formula is C18H23N3O7. The SMILES string of the molecule is COc1cc([N+](=O)[O-])c(C2NC(=O)NC(C(C)C)=C2C(=O)OC(C)C)cc1O. The molecule has 0 radical (unpaired) electrons. The zero-order chi connectivity index (χ0) is 21.2. The molecule has 0 saturated heterocycles. The Balaban J connectivity index is 2.74. The normalized spacial score (nSPS) is 16.7. The van der Waals surface area contributed by atoms with Gasteiger partial charge in [-0.2, -0.15) is 0 Å². The molecule has 1 aliphatic rings. The number of rotatable bonds is 6. The van der Waals surface area contributed by atoms with Gasteiger partial charge in [-0.25, -0.2) is 9.59 Å². The van der Waals surface area contributed by atoms with Crippen LogP contribution in [0, 0.1) is 16.0 Å².